The average molecular weight is 157 g/mol. The first-order chi connectivity index (χ1) is 5.24. The van der Waals surface area contributed by atoms with Crippen LogP contribution in [0.2, 0.25) is 0 Å². The molecule has 0 aromatic rings. The van der Waals surface area contributed by atoms with Crippen LogP contribution in [0.3, 0.4) is 0 Å². The molecule has 0 spiro atoms. The highest BCUT2D eigenvalue weighted by Gasteiger charge is 2.24. The Morgan fingerprint density at radius 2 is 2.45 bits per heavy atom. The summed E-state index contributed by atoms with van der Waals surface area (Å²) >= 11 is 0. The van der Waals surface area contributed by atoms with E-state index < -0.39 is 0 Å². The first-order valence-corrected chi connectivity index (χ1v) is 4.15. The molecule has 2 unspecified atom stereocenters. The summed E-state index contributed by atoms with van der Waals surface area (Å²) in [6, 6.07) is 0. The number of hydrogen-bond donors (Lipinski definition) is 1. The van der Waals surface area contributed by atoms with Gasteiger partial charge in [-0.1, -0.05) is 6.92 Å². The van der Waals surface area contributed by atoms with E-state index in [4.69, 9.17) is 10.5 Å². The van der Waals surface area contributed by atoms with Gasteiger partial charge < -0.3 is 10.5 Å². The summed E-state index contributed by atoms with van der Waals surface area (Å²) in [5, 5.41) is 0. The predicted octanol–water partition coefficient (Wildman–Crippen LogP) is 0.677. The Morgan fingerprint density at radius 3 is 3.00 bits per heavy atom. The molecule has 0 aromatic carbocycles. The molecular weight excluding hydrogens is 142 g/mol. The van der Waals surface area contributed by atoms with Crippen molar-refractivity contribution in [3.05, 3.63) is 0 Å². The van der Waals surface area contributed by atoms with Crippen molar-refractivity contribution < 1.29 is 9.53 Å². The van der Waals surface area contributed by atoms with Crippen molar-refractivity contribution in [1.82, 2.24) is 0 Å². The number of primary amides is 1. The summed E-state index contributed by atoms with van der Waals surface area (Å²) in [6.45, 7) is 2.75. The van der Waals surface area contributed by atoms with Gasteiger partial charge in [0.15, 0.2) is 0 Å². The zero-order valence-electron chi connectivity index (χ0n) is 6.88. The second-order valence-corrected chi connectivity index (χ2v) is 3.02. The minimum Gasteiger partial charge on any atom is -0.378 e. The molecule has 0 aromatic heterocycles. The van der Waals surface area contributed by atoms with E-state index in [1.165, 1.54) is 0 Å². The first kappa shape index (κ1) is 8.53. The second-order valence-electron chi connectivity index (χ2n) is 3.02. The van der Waals surface area contributed by atoms with Crippen molar-refractivity contribution >= 4 is 5.91 Å². The number of hydrogen-bond acceptors (Lipinski definition) is 2. The van der Waals surface area contributed by atoms with E-state index in [1.54, 1.807) is 0 Å². The van der Waals surface area contributed by atoms with Crippen LogP contribution in [-0.2, 0) is 9.53 Å². The van der Waals surface area contributed by atoms with E-state index >= 15 is 0 Å². The van der Waals surface area contributed by atoms with Crippen molar-refractivity contribution in [3.63, 3.8) is 0 Å². The highest BCUT2D eigenvalue weighted by Crippen LogP contribution is 2.21. The molecule has 0 radical (unpaired) electrons. The number of carbonyl (C=O) groups is 1. The van der Waals surface area contributed by atoms with E-state index in [-0.39, 0.29) is 17.9 Å². The molecule has 3 nitrogen and oxygen atoms in total. The normalized spacial score (nSPS) is 31.7. The van der Waals surface area contributed by atoms with Gasteiger partial charge in [-0.3, -0.25) is 4.79 Å². The minimum absolute atomic E-state index is 0.0497. The smallest absolute Gasteiger partial charge is 0.220 e. The third-order valence-corrected chi connectivity index (χ3v) is 2.22. The molecule has 1 aliphatic heterocycles. The van der Waals surface area contributed by atoms with E-state index in [0.29, 0.717) is 6.61 Å². The quantitative estimate of drug-likeness (QED) is 0.640. The van der Waals surface area contributed by atoms with Crippen molar-refractivity contribution in [2.24, 2.45) is 11.7 Å². The van der Waals surface area contributed by atoms with Crippen LogP contribution in [0.5, 0.6) is 0 Å². The molecule has 1 aliphatic rings. The predicted molar refractivity (Wildman–Crippen MR) is 41.9 cm³/mol. The molecule has 2 N–H and O–H groups in total. The Morgan fingerprint density at radius 1 is 1.73 bits per heavy atom. The molecule has 1 rings (SSSR count). The van der Waals surface area contributed by atoms with Crippen molar-refractivity contribution in [1.29, 1.82) is 0 Å². The topological polar surface area (TPSA) is 52.3 Å². The van der Waals surface area contributed by atoms with Crippen molar-refractivity contribution in [2.75, 3.05) is 6.61 Å². The number of nitrogens with two attached hydrogens (primary N) is 1. The van der Waals surface area contributed by atoms with E-state index in [0.717, 1.165) is 19.3 Å². The number of carbonyl (C=O) groups excluding carboxylic acids is 1. The molecule has 0 saturated carbocycles. The SMILES string of the molecule is CCC1CC(C(N)=O)CCO1. The minimum atomic E-state index is -0.174. The lowest BCUT2D eigenvalue weighted by atomic mass is 9.94. The summed E-state index contributed by atoms with van der Waals surface area (Å²) < 4.78 is 5.40. The highest BCUT2D eigenvalue weighted by atomic mass is 16.5. The average Bonchev–Trinajstić information content (AvgIpc) is 2.05. The zero-order valence-corrected chi connectivity index (χ0v) is 6.88. The monoisotopic (exact) mass is 157 g/mol. The maximum absolute atomic E-state index is 10.8. The van der Waals surface area contributed by atoms with E-state index in [1.807, 2.05) is 0 Å². The van der Waals surface area contributed by atoms with Gasteiger partial charge in [0.2, 0.25) is 5.91 Å². The molecular formula is C8H15NO2. The van der Waals surface area contributed by atoms with Gasteiger partial charge in [0.1, 0.15) is 0 Å². The molecule has 0 aliphatic carbocycles. The molecule has 1 amide bonds. The zero-order chi connectivity index (χ0) is 8.27. The lowest BCUT2D eigenvalue weighted by Crippen LogP contribution is -2.33. The summed E-state index contributed by atoms with van der Waals surface area (Å²) in [7, 11) is 0. The summed E-state index contributed by atoms with van der Waals surface area (Å²) in [4.78, 5) is 10.8. The summed E-state index contributed by atoms with van der Waals surface area (Å²) in [5.74, 6) is -0.125. The molecule has 1 saturated heterocycles. The van der Waals surface area contributed by atoms with Gasteiger partial charge in [0, 0.05) is 12.5 Å². The number of ether oxygens (including phenoxy) is 1. The van der Waals surface area contributed by atoms with Gasteiger partial charge >= 0.3 is 0 Å². The Hall–Kier alpha value is -0.570. The van der Waals surface area contributed by atoms with Crippen LogP contribution in [0.15, 0.2) is 0 Å². The molecule has 1 heterocycles. The maximum Gasteiger partial charge on any atom is 0.220 e. The first-order valence-electron chi connectivity index (χ1n) is 4.15. The Bertz CT molecular complexity index is 147. The fourth-order valence-electron chi connectivity index (χ4n) is 1.42. The molecule has 1 fully saturated rings. The fourth-order valence-corrected chi connectivity index (χ4v) is 1.42. The maximum atomic E-state index is 10.8. The number of amides is 1. The summed E-state index contributed by atoms with van der Waals surface area (Å²) in [6.07, 6.45) is 2.84. The van der Waals surface area contributed by atoms with E-state index in [9.17, 15) is 4.79 Å². The Labute approximate surface area is 66.9 Å². The van der Waals surface area contributed by atoms with Crippen LogP contribution in [-0.4, -0.2) is 18.6 Å². The summed E-state index contributed by atoms with van der Waals surface area (Å²) in [5.41, 5.74) is 5.19. The van der Waals surface area contributed by atoms with Crippen LogP contribution in [0.25, 0.3) is 0 Å². The Balaban J connectivity index is 2.39. The van der Waals surface area contributed by atoms with Crippen LogP contribution < -0.4 is 5.73 Å². The molecule has 0 bridgehead atoms. The van der Waals surface area contributed by atoms with Gasteiger partial charge in [0.25, 0.3) is 0 Å². The third-order valence-electron chi connectivity index (χ3n) is 2.22. The van der Waals surface area contributed by atoms with Crippen LogP contribution in [0, 0.1) is 5.92 Å². The standard InChI is InChI=1S/C8H15NO2/c1-2-7-5-6(8(9)10)3-4-11-7/h6-7H,2-5H2,1H3,(H2,9,10). The van der Waals surface area contributed by atoms with Gasteiger partial charge in [-0.25, -0.2) is 0 Å². The van der Waals surface area contributed by atoms with Crippen LogP contribution in [0.1, 0.15) is 26.2 Å². The number of rotatable bonds is 2. The fraction of sp³-hybridized carbons (Fsp3) is 0.875. The van der Waals surface area contributed by atoms with Crippen molar-refractivity contribution in [3.8, 4) is 0 Å². The van der Waals surface area contributed by atoms with Crippen molar-refractivity contribution in [2.45, 2.75) is 32.3 Å². The third kappa shape index (κ3) is 2.19. The molecule has 11 heavy (non-hydrogen) atoms. The lowest BCUT2D eigenvalue weighted by molar-refractivity contribution is -0.126. The molecule has 3 heteroatoms. The largest absolute Gasteiger partial charge is 0.378 e. The van der Waals surface area contributed by atoms with Gasteiger partial charge in [0.05, 0.1) is 6.10 Å². The second kappa shape index (κ2) is 3.72. The van der Waals surface area contributed by atoms with Gasteiger partial charge in [-0.05, 0) is 19.3 Å². The van der Waals surface area contributed by atoms with Crippen LogP contribution in [0.4, 0.5) is 0 Å². The van der Waals surface area contributed by atoms with Crippen LogP contribution >= 0.6 is 0 Å². The molecule has 64 valence electrons. The van der Waals surface area contributed by atoms with E-state index in [2.05, 4.69) is 6.92 Å². The Kier molecular flexibility index (Phi) is 2.88. The lowest BCUT2D eigenvalue weighted by Gasteiger charge is -2.26. The van der Waals surface area contributed by atoms with Gasteiger partial charge in [-0.2, -0.15) is 0 Å². The molecule has 2 atom stereocenters. The highest BCUT2D eigenvalue weighted by molar-refractivity contribution is 5.76. The van der Waals surface area contributed by atoms with Gasteiger partial charge in [-0.15, -0.1) is 0 Å².